The van der Waals surface area contributed by atoms with Crippen molar-refractivity contribution in [2.45, 2.75) is 25.7 Å². The molecule has 1 heterocycles. The van der Waals surface area contributed by atoms with E-state index in [1.54, 1.807) is 23.5 Å². The Balaban J connectivity index is 1.70. The van der Waals surface area contributed by atoms with E-state index < -0.39 is 0 Å². The zero-order valence-electron chi connectivity index (χ0n) is 14.2. The summed E-state index contributed by atoms with van der Waals surface area (Å²) in [6.45, 7) is 0. The number of benzene rings is 1. The van der Waals surface area contributed by atoms with E-state index in [2.05, 4.69) is 10.5 Å². The second kappa shape index (κ2) is 7.57. The maximum Gasteiger partial charge on any atom is 0.281 e. The average Bonchev–Trinajstić information content (AvgIpc) is 3.07. The maximum absolute atomic E-state index is 12.2. The fraction of sp³-hybridized carbons (Fsp3) is 0.333. The van der Waals surface area contributed by atoms with Crippen LogP contribution in [0, 0.1) is 0 Å². The van der Waals surface area contributed by atoms with Gasteiger partial charge in [0, 0.05) is 10.4 Å². The molecule has 0 atom stereocenters. The van der Waals surface area contributed by atoms with E-state index in [9.17, 15) is 9.90 Å². The monoisotopic (exact) mass is 360 g/mol. The first-order chi connectivity index (χ1) is 12.1. The molecule has 0 aliphatic heterocycles. The van der Waals surface area contributed by atoms with E-state index in [1.807, 2.05) is 6.07 Å². The van der Waals surface area contributed by atoms with Crippen molar-refractivity contribution < 1.29 is 19.4 Å². The molecule has 0 bridgehead atoms. The van der Waals surface area contributed by atoms with Gasteiger partial charge in [0.15, 0.2) is 11.5 Å². The summed E-state index contributed by atoms with van der Waals surface area (Å²) in [5.41, 5.74) is 4.47. The first-order valence-corrected chi connectivity index (χ1v) is 8.84. The number of hydrazone groups is 1. The second-order valence-electron chi connectivity index (χ2n) is 5.74. The highest BCUT2D eigenvalue weighted by molar-refractivity contribution is 7.14. The van der Waals surface area contributed by atoms with E-state index in [1.165, 1.54) is 43.7 Å². The summed E-state index contributed by atoms with van der Waals surface area (Å²) in [5, 5.41) is 13.9. The van der Waals surface area contributed by atoms with Crippen LogP contribution in [-0.2, 0) is 12.8 Å². The number of carbonyl (C=O) groups excluding carboxylic acids is 1. The Bertz CT molecular complexity index is 765. The Morgan fingerprint density at radius 2 is 1.88 bits per heavy atom. The van der Waals surface area contributed by atoms with Crippen molar-refractivity contribution in [1.82, 2.24) is 5.43 Å². The fourth-order valence-electron chi connectivity index (χ4n) is 2.81. The van der Waals surface area contributed by atoms with Crippen LogP contribution < -0.4 is 14.9 Å². The van der Waals surface area contributed by atoms with Crippen LogP contribution in [0.3, 0.4) is 0 Å². The van der Waals surface area contributed by atoms with E-state index in [4.69, 9.17) is 9.47 Å². The van der Waals surface area contributed by atoms with Gasteiger partial charge in [-0.2, -0.15) is 5.10 Å². The summed E-state index contributed by atoms with van der Waals surface area (Å²) in [5.74, 6) is 0.264. The molecule has 1 aromatic heterocycles. The molecule has 1 aliphatic carbocycles. The molecule has 25 heavy (non-hydrogen) atoms. The van der Waals surface area contributed by atoms with Crippen LogP contribution in [0.5, 0.6) is 17.2 Å². The molecule has 2 aromatic rings. The van der Waals surface area contributed by atoms with Gasteiger partial charge in [0.25, 0.3) is 5.91 Å². The molecule has 0 saturated carbocycles. The minimum Gasteiger partial charge on any atom is -0.502 e. The smallest absolute Gasteiger partial charge is 0.281 e. The van der Waals surface area contributed by atoms with Crippen molar-refractivity contribution in [3.05, 3.63) is 39.1 Å². The maximum atomic E-state index is 12.2. The average molecular weight is 360 g/mol. The van der Waals surface area contributed by atoms with Crippen LogP contribution in [0.4, 0.5) is 0 Å². The number of ether oxygens (including phenoxy) is 2. The molecular formula is C18H20N2O4S. The lowest BCUT2D eigenvalue weighted by Gasteiger charge is -2.09. The number of phenolic OH excluding ortho intramolecular Hbond substituents is 1. The third-order valence-electron chi connectivity index (χ3n) is 4.10. The van der Waals surface area contributed by atoms with Gasteiger partial charge in [-0.25, -0.2) is 5.43 Å². The number of methoxy groups -OCH3 is 2. The summed E-state index contributed by atoms with van der Waals surface area (Å²) in [4.78, 5) is 14.2. The van der Waals surface area contributed by atoms with Gasteiger partial charge in [-0.3, -0.25) is 4.79 Å². The number of aromatic hydroxyl groups is 1. The summed E-state index contributed by atoms with van der Waals surface area (Å²) in [6.07, 6.45) is 5.97. The standard InChI is InChI=1S/C18H20N2O4S/c1-23-13-7-11(8-14(24-2)17(13)21)10-19-20-18(22)16-9-12-5-3-4-6-15(12)25-16/h7-10,21H,3-6H2,1-2H3,(H,20,22). The number of carbonyl (C=O) groups is 1. The van der Waals surface area contributed by atoms with E-state index in [0.29, 0.717) is 10.4 Å². The Hall–Kier alpha value is -2.54. The molecule has 1 amide bonds. The topological polar surface area (TPSA) is 80.2 Å². The zero-order chi connectivity index (χ0) is 17.8. The van der Waals surface area contributed by atoms with Crippen molar-refractivity contribution >= 4 is 23.5 Å². The minimum atomic E-state index is -0.214. The Morgan fingerprint density at radius 3 is 2.52 bits per heavy atom. The van der Waals surface area contributed by atoms with Gasteiger partial charge in [0.2, 0.25) is 5.75 Å². The van der Waals surface area contributed by atoms with Gasteiger partial charge in [-0.15, -0.1) is 11.3 Å². The lowest BCUT2D eigenvalue weighted by molar-refractivity contribution is 0.0959. The van der Waals surface area contributed by atoms with Gasteiger partial charge in [-0.1, -0.05) is 0 Å². The zero-order valence-corrected chi connectivity index (χ0v) is 15.0. The van der Waals surface area contributed by atoms with Crippen LogP contribution >= 0.6 is 11.3 Å². The number of phenols is 1. The van der Waals surface area contributed by atoms with Gasteiger partial charge in [0.05, 0.1) is 25.3 Å². The molecule has 1 aromatic carbocycles. The first kappa shape index (κ1) is 17.3. The number of fused-ring (bicyclic) bond motifs is 1. The molecular weight excluding hydrogens is 340 g/mol. The fourth-order valence-corrected chi connectivity index (χ4v) is 3.95. The van der Waals surface area contributed by atoms with Crippen molar-refractivity contribution in [3.63, 3.8) is 0 Å². The Labute approximate surface area is 150 Å². The van der Waals surface area contributed by atoms with Crippen LogP contribution in [0.1, 0.15) is 38.5 Å². The van der Waals surface area contributed by atoms with E-state index >= 15 is 0 Å². The third kappa shape index (κ3) is 3.76. The number of aryl methyl sites for hydroxylation is 2. The van der Waals surface area contributed by atoms with Crippen LogP contribution in [0.15, 0.2) is 23.3 Å². The highest BCUT2D eigenvalue weighted by atomic mass is 32.1. The highest BCUT2D eigenvalue weighted by Gasteiger charge is 2.17. The Morgan fingerprint density at radius 1 is 1.20 bits per heavy atom. The molecule has 0 spiro atoms. The van der Waals surface area contributed by atoms with Crippen molar-refractivity contribution in [3.8, 4) is 17.2 Å². The summed E-state index contributed by atoms with van der Waals surface area (Å²) < 4.78 is 10.2. The molecule has 0 unspecified atom stereocenters. The molecule has 1 aliphatic rings. The van der Waals surface area contributed by atoms with Gasteiger partial charge in [0.1, 0.15) is 0 Å². The number of thiophene rings is 1. The molecule has 132 valence electrons. The van der Waals surface area contributed by atoms with Crippen LogP contribution in [-0.4, -0.2) is 31.4 Å². The number of rotatable bonds is 5. The molecule has 0 radical (unpaired) electrons. The quantitative estimate of drug-likeness (QED) is 0.634. The van der Waals surface area contributed by atoms with Crippen molar-refractivity contribution in [2.75, 3.05) is 14.2 Å². The molecule has 7 heteroatoms. The molecule has 0 fully saturated rings. The number of nitrogens with one attached hydrogen (secondary N) is 1. The molecule has 3 rings (SSSR count). The van der Waals surface area contributed by atoms with Gasteiger partial charge >= 0.3 is 0 Å². The summed E-state index contributed by atoms with van der Waals surface area (Å²) in [6, 6.07) is 5.19. The molecule has 6 nitrogen and oxygen atoms in total. The third-order valence-corrected chi connectivity index (χ3v) is 5.34. The first-order valence-electron chi connectivity index (χ1n) is 8.02. The molecule has 0 saturated heterocycles. The van der Waals surface area contributed by atoms with Crippen LogP contribution in [0.25, 0.3) is 0 Å². The predicted molar refractivity (Wildman–Crippen MR) is 97.2 cm³/mol. The Kier molecular flexibility index (Phi) is 5.23. The highest BCUT2D eigenvalue weighted by Crippen LogP contribution is 2.36. The number of hydrogen-bond acceptors (Lipinski definition) is 6. The lowest BCUT2D eigenvalue weighted by atomic mass is 9.99. The number of nitrogens with zero attached hydrogens (tertiary/aromatic N) is 1. The number of hydrogen-bond donors (Lipinski definition) is 2. The SMILES string of the molecule is COc1cc(C=NNC(=O)c2cc3c(s2)CCCC3)cc(OC)c1O. The van der Waals surface area contributed by atoms with Gasteiger partial charge in [-0.05, 0) is 49.4 Å². The molecule has 2 N–H and O–H groups in total. The normalized spacial score (nSPS) is 13.5. The predicted octanol–water partition coefficient (Wildman–Crippen LogP) is 3.11. The van der Waals surface area contributed by atoms with Crippen molar-refractivity contribution in [1.29, 1.82) is 0 Å². The van der Waals surface area contributed by atoms with Crippen LogP contribution in [0.2, 0.25) is 0 Å². The van der Waals surface area contributed by atoms with E-state index in [-0.39, 0.29) is 23.2 Å². The largest absolute Gasteiger partial charge is 0.502 e. The summed E-state index contributed by atoms with van der Waals surface area (Å²) in [7, 11) is 2.91. The number of amides is 1. The lowest BCUT2D eigenvalue weighted by Crippen LogP contribution is -2.16. The van der Waals surface area contributed by atoms with E-state index in [0.717, 1.165) is 12.8 Å². The van der Waals surface area contributed by atoms with Gasteiger partial charge < -0.3 is 14.6 Å². The summed E-state index contributed by atoms with van der Waals surface area (Å²) >= 11 is 1.54. The van der Waals surface area contributed by atoms with Crippen molar-refractivity contribution in [2.24, 2.45) is 5.10 Å². The minimum absolute atomic E-state index is 0.0737. The second-order valence-corrected chi connectivity index (χ2v) is 6.88.